The molecule has 1 saturated heterocycles. The Morgan fingerprint density at radius 1 is 1.12 bits per heavy atom. The van der Waals surface area contributed by atoms with Crippen LogP contribution in [0.2, 0.25) is 0 Å². The molecule has 2 rings (SSSR count). The molecule has 1 aliphatic rings. The number of hydrogen-bond donors (Lipinski definition) is 1. The van der Waals surface area contributed by atoms with Crippen LogP contribution in [0.15, 0.2) is 24.3 Å². The van der Waals surface area contributed by atoms with Crippen LogP contribution in [0, 0.1) is 5.92 Å². The van der Waals surface area contributed by atoms with E-state index in [1.165, 1.54) is 11.8 Å². The molecule has 176 valence electrons. The van der Waals surface area contributed by atoms with Gasteiger partial charge in [-0.25, -0.2) is 4.79 Å². The summed E-state index contributed by atoms with van der Waals surface area (Å²) in [4.78, 5) is 49.5. The Morgan fingerprint density at radius 2 is 1.81 bits per heavy atom. The largest absolute Gasteiger partial charge is 0.457 e. The summed E-state index contributed by atoms with van der Waals surface area (Å²) < 4.78 is 10.6. The number of amides is 2. The Balaban J connectivity index is 1.78. The van der Waals surface area contributed by atoms with E-state index in [9.17, 15) is 19.2 Å². The molecule has 1 heterocycles. The van der Waals surface area contributed by atoms with Gasteiger partial charge in [-0.2, -0.15) is 0 Å². The third kappa shape index (κ3) is 8.69. The average molecular weight is 447 g/mol. The number of hydrogen-bond acceptors (Lipinski definition) is 6. The summed E-state index contributed by atoms with van der Waals surface area (Å²) in [5, 5.41) is 2.75. The van der Waals surface area contributed by atoms with Crippen molar-refractivity contribution in [1.82, 2.24) is 10.2 Å². The number of Topliss-reactive ketones (excluding diaryl/α,β-unsaturated/α-hetero) is 1. The molecule has 0 bridgehead atoms. The molecule has 0 aromatic heterocycles. The van der Waals surface area contributed by atoms with Gasteiger partial charge < -0.3 is 19.7 Å². The molecule has 0 radical (unpaired) electrons. The first-order valence-electron chi connectivity index (χ1n) is 11.1. The SMILES string of the molecule is CC(=O)NCCCc1ccc(C(=O)COC(=O)C2CCCN(C(=O)OC(C)(C)C)C2)cc1. The molecule has 0 spiro atoms. The second kappa shape index (κ2) is 11.6. The van der Waals surface area contributed by atoms with Crippen LogP contribution in [0.4, 0.5) is 4.79 Å². The van der Waals surface area contributed by atoms with Gasteiger partial charge in [-0.1, -0.05) is 24.3 Å². The van der Waals surface area contributed by atoms with Crippen LogP contribution in [0.5, 0.6) is 0 Å². The van der Waals surface area contributed by atoms with Crippen molar-refractivity contribution in [2.75, 3.05) is 26.2 Å². The molecule has 2 amide bonds. The fourth-order valence-electron chi connectivity index (χ4n) is 3.41. The fourth-order valence-corrected chi connectivity index (χ4v) is 3.41. The number of ketones is 1. The van der Waals surface area contributed by atoms with Gasteiger partial charge >= 0.3 is 12.1 Å². The quantitative estimate of drug-likeness (QED) is 0.374. The molecule has 1 aromatic carbocycles. The van der Waals surface area contributed by atoms with Crippen LogP contribution in [-0.4, -0.2) is 60.5 Å². The lowest BCUT2D eigenvalue weighted by Gasteiger charge is -2.33. The Hall–Kier alpha value is -2.90. The number of nitrogens with zero attached hydrogens (tertiary/aromatic N) is 1. The van der Waals surface area contributed by atoms with E-state index in [-0.39, 0.29) is 24.8 Å². The highest BCUT2D eigenvalue weighted by molar-refractivity contribution is 5.98. The lowest BCUT2D eigenvalue weighted by Crippen LogP contribution is -2.45. The minimum Gasteiger partial charge on any atom is -0.457 e. The normalized spacial score (nSPS) is 16.2. The van der Waals surface area contributed by atoms with Gasteiger partial charge in [0.05, 0.1) is 5.92 Å². The van der Waals surface area contributed by atoms with Crippen molar-refractivity contribution >= 4 is 23.8 Å². The molecule has 1 atom stereocenters. The van der Waals surface area contributed by atoms with Crippen molar-refractivity contribution in [3.63, 3.8) is 0 Å². The molecular weight excluding hydrogens is 412 g/mol. The number of rotatable bonds is 8. The summed E-state index contributed by atoms with van der Waals surface area (Å²) in [5.41, 5.74) is 0.938. The van der Waals surface area contributed by atoms with E-state index in [1.54, 1.807) is 32.9 Å². The lowest BCUT2D eigenvalue weighted by molar-refractivity contribution is -0.149. The number of likely N-dealkylation sites (tertiary alicyclic amines) is 1. The molecule has 1 N–H and O–H groups in total. The summed E-state index contributed by atoms with van der Waals surface area (Å²) >= 11 is 0. The minimum absolute atomic E-state index is 0.0498. The van der Waals surface area contributed by atoms with Crippen molar-refractivity contribution in [3.8, 4) is 0 Å². The van der Waals surface area contributed by atoms with Gasteiger partial charge in [0, 0.05) is 32.1 Å². The monoisotopic (exact) mass is 446 g/mol. The van der Waals surface area contributed by atoms with Gasteiger partial charge in [-0.3, -0.25) is 14.4 Å². The zero-order chi connectivity index (χ0) is 23.7. The topological polar surface area (TPSA) is 102 Å². The lowest BCUT2D eigenvalue weighted by atomic mass is 9.98. The maximum Gasteiger partial charge on any atom is 0.410 e. The highest BCUT2D eigenvalue weighted by Crippen LogP contribution is 2.20. The highest BCUT2D eigenvalue weighted by atomic mass is 16.6. The number of piperidine rings is 1. The van der Waals surface area contributed by atoms with E-state index in [4.69, 9.17) is 9.47 Å². The van der Waals surface area contributed by atoms with Crippen LogP contribution in [0.25, 0.3) is 0 Å². The molecule has 1 unspecified atom stereocenters. The van der Waals surface area contributed by atoms with E-state index in [1.807, 2.05) is 12.1 Å². The first-order valence-corrected chi connectivity index (χ1v) is 11.1. The van der Waals surface area contributed by atoms with Crippen LogP contribution in [0.3, 0.4) is 0 Å². The Kier molecular flexibility index (Phi) is 9.23. The third-order valence-electron chi connectivity index (χ3n) is 5.04. The van der Waals surface area contributed by atoms with Crippen molar-refractivity contribution in [2.45, 2.75) is 59.0 Å². The summed E-state index contributed by atoms with van der Waals surface area (Å²) in [6.07, 6.45) is 2.45. The number of carbonyl (C=O) groups is 4. The second-order valence-corrected chi connectivity index (χ2v) is 9.08. The van der Waals surface area contributed by atoms with Gasteiger partial charge in [-0.15, -0.1) is 0 Å². The minimum atomic E-state index is -0.599. The average Bonchev–Trinajstić information content (AvgIpc) is 2.74. The maximum atomic E-state index is 12.5. The Bertz CT molecular complexity index is 813. The zero-order valence-electron chi connectivity index (χ0n) is 19.4. The number of benzene rings is 1. The molecule has 1 aliphatic heterocycles. The van der Waals surface area contributed by atoms with Gasteiger partial charge in [0.25, 0.3) is 0 Å². The third-order valence-corrected chi connectivity index (χ3v) is 5.04. The van der Waals surface area contributed by atoms with E-state index in [0.29, 0.717) is 31.5 Å². The molecule has 32 heavy (non-hydrogen) atoms. The Labute approximate surface area is 189 Å². The van der Waals surface area contributed by atoms with Crippen molar-refractivity contribution in [3.05, 3.63) is 35.4 Å². The summed E-state index contributed by atoms with van der Waals surface area (Å²) in [6.45, 7) is 7.92. The Morgan fingerprint density at radius 3 is 2.44 bits per heavy atom. The number of aryl methyl sites for hydroxylation is 1. The summed E-state index contributed by atoms with van der Waals surface area (Å²) in [6, 6.07) is 7.16. The fraction of sp³-hybridized carbons (Fsp3) is 0.583. The first-order chi connectivity index (χ1) is 15.0. The molecule has 0 saturated carbocycles. The molecule has 0 aliphatic carbocycles. The van der Waals surface area contributed by atoms with Crippen molar-refractivity contribution in [1.29, 1.82) is 0 Å². The van der Waals surface area contributed by atoms with E-state index in [2.05, 4.69) is 5.32 Å². The highest BCUT2D eigenvalue weighted by Gasteiger charge is 2.32. The van der Waals surface area contributed by atoms with E-state index < -0.39 is 23.6 Å². The smallest absolute Gasteiger partial charge is 0.410 e. The molecule has 8 nitrogen and oxygen atoms in total. The number of ether oxygens (including phenoxy) is 2. The second-order valence-electron chi connectivity index (χ2n) is 9.08. The van der Waals surface area contributed by atoms with Gasteiger partial charge in [-0.05, 0) is 52.0 Å². The van der Waals surface area contributed by atoms with Gasteiger partial charge in [0.15, 0.2) is 12.4 Å². The van der Waals surface area contributed by atoms with E-state index in [0.717, 1.165) is 18.4 Å². The van der Waals surface area contributed by atoms with Crippen LogP contribution < -0.4 is 5.32 Å². The molecule has 8 heteroatoms. The first kappa shape index (κ1) is 25.4. The number of nitrogens with one attached hydrogen (secondary N) is 1. The standard InChI is InChI=1S/C24H34N2O6/c1-17(27)25-13-5-7-18-9-11-19(12-10-18)21(28)16-31-22(29)20-8-6-14-26(15-20)23(30)32-24(2,3)4/h9-12,20H,5-8,13-16H2,1-4H3,(H,25,27). The number of esters is 1. The predicted octanol–water partition coefficient (Wildman–Crippen LogP) is 3.13. The maximum absolute atomic E-state index is 12.5. The van der Waals surface area contributed by atoms with Crippen LogP contribution >= 0.6 is 0 Å². The summed E-state index contributed by atoms with van der Waals surface area (Å²) in [7, 11) is 0. The molecule has 1 fully saturated rings. The van der Waals surface area contributed by atoms with Crippen LogP contribution in [0.1, 0.15) is 62.9 Å². The van der Waals surface area contributed by atoms with Crippen molar-refractivity contribution < 1.29 is 28.7 Å². The molecular formula is C24H34N2O6. The molecule has 1 aromatic rings. The van der Waals surface area contributed by atoms with Crippen LogP contribution in [-0.2, 0) is 25.5 Å². The van der Waals surface area contributed by atoms with Gasteiger partial charge in [0.2, 0.25) is 5.91 Å². The zero-order valence-corrected chi connectivity index (χ0v) is 19.4. The van der Waals surface area contributed by atoms with Gasteiger partial charge in [0.1, 0.15) is 5.60 Å². The van der Waals surface area contributed by atoms with Crippen molar-refractivity contribution in [2.24, 2.45) is 5.92 Å². The summed E-state index contributed by atoms with van der Waals surface area (Å²) in [5.74, 6) is -1.26. The van der Waals surface area contributed by atoms with E-state index >= 15 is 0 Å². The predicted molar refractivity (Wildman–Crippen MR) is 119 cm³/mol. The number of carbonyl (C=O) groups excluding carboxylic acids is 4.